The second-order valence-electron chi connectivity index (χ2n) is 3.05. The third kappa shape index (κ3) is 6.75. The maximum absolute atomic E-state index is 5.03. The van der Waals surface area contributed by atoms with Crippen LogP contribution in [-0.2, 0) is 6.54 Å². The minimum Gasteiger partial charge on any atom is -0.497 e. The van der Waals surface area contributed by atoms with Gasteiger partial charge in [-0.1, -0.05) is 24.3 Å². The number of rotatable bonds is 3. The highest BCUT2D eigenvalue weighted by Gasteiger charge is 1.90. The summed E-state index contributed by atoms with van der Waals surface area (Å²) in [5, 5.41) is 3.08. The summed E-state index contributed by atoms with van der Waals surface area (Å²) in [6, 6.07) is 8.03. The van der Waals surface area contributed by atoms with E-state index in [1.54, 1.807) is 7.11 Å². The van der Waals surface area contributed by atoms with Crippen LogP contribution in [0.15, 0.2) is 36.4 Å². The van der Waals surface area contributed by atoms with Gasteiger partial charge in [-0.15, -0.1) is 0 Å². The normalized spacial score (nSPS) is 9.60. The van der Waals surface area contributed by atoms with Crippen molar-refractivity contribution in [2.75, 3.05) is 14.2 Å². The van der Waals surface area contributed by atoms with Crippen molar-refractivity contribution < 1.29 is 4.74 Å². The van der Waals surface area contributed by atoms with E-state index in [2.05, 4.69) is 17.4 Å². The molecule has 2 heteroatoms. The van der Waals surface area contributed by atoms with Crippen molar-refractivity contribution in [1.82, 2.24) is 5.32 Å². The van der Waals surface area contributed by atoms with E-state index < -0.39 is 0 Å². The molecule has 0 aliphatic heterocycles. The summed E-state index contributed by atoms with van der Waals surface area (Å²) in [4.78, 5) is 0. The molecule has 0 radical (unpaired) electrons. The molecule has 0 amide bonds. The van der Waals surface area contributed by atoms with Crippen LogP contribution in [0.2, 0.25) is 0 Å². The number of hydrogen-bond donors (Lipinski definition) is 1. The summed E-state index contributed by atoms with van der Waals surface area (Å²) < 4.78 is 5.03. The lowest BCUT2D eigenvalue weighted by Gasteiger charge is -2.01. The van der Waals surface area contributed by atoms with E-state index >= 15 is 0 Å². The van der Waals surface area contributed by atoms with Gasteiger partial charge in [0, 0.05) is 6.54 Å². The second-order valence-corrected chi connectivity index (χ2v) is 3.05. The summed E-state index contributed by atoms with van der Waals surface area (Å²) in [6.45, 7) is 4.91. The summed E-state index contributed by atoms with van der Waals surface area (Å²) in [6.07, 6.45) is 4.00. The minimum atomic E-state index is 0.907. The molecule has 0 saturated heterocycles. The average molecular weight is 207 g/mol. The van der Waals surface area contributed by atoms with Crippen molar-refractivity contribution in [3.05, 3.63) is 42.0 Å². The standard InChI is InChI=1S/C9H13NO.C4H8/c1-10-7-8-3-5-9(11-2)6-4-8;1-3-4-2/h3-6,10H,7H2,1-2H3;3-4H,1-2H3/b;4-3+. The van der Waals surface area contributed by atoms with Crippen LogP contribution < -0.4 is 10.1 Å². The SMILES string of the molecule is C/C=C/C.CNCc1ccc(OC)cc1. The topological polar surface area (TPSA) is 21.3 Å². The van der Waals surface area contributed by atoms with Gasteiger partial charge in [0.2, 0.25) is 0 Å². The highest BCUT2D eigenvalue weighted by atomic mass is 16.5. The van der Waals surface area contributed by atoms with Crippen molar-refractivity contribution in [3.63, 3.8) is 0 Å². The predicted octanol–water partition coefficient (Wildman–Crippen LogP) is 3.00. The lowest BCUT2D eigenvalue weighted by molar-refractivity contribution is 0.414. The van der Waals surface area contributed by atoms with Crippen molar-refractivity contribution in [2.24, 2.45) is 0 Å². The van der Waals surface area contributed by atoms with Crippen molar-refractivity contribution >= 4 is 0 Å². The Morgan fingerprint density at radius 1 is 1.13 bits per heavy atom. The van der Waals surface area contributed by atoms with Gasteiger partial charge in [-0.3, -0.25) is 0 Å². The van der Waals surface area contributed by atoms with Gasteiger partial charge in [-0.25, -0.2) is 0 Å². The molecule has 0 unspecified atom stereocenters. The van der Waals surface area contributed by atoms with Gasteiger partial charge in [-0.05, 0) is 38.6 Å². The molecule has 0 aliphatic carbocycles. The van der Waals surface area contributed by atoms with E-state index in [9.17, 15) is 0 Å². The number of benzene rings is 1. The van der Waals surface area contributed by atoms with Gasteiger partial charge < -0.3 is 10.1 Å². The van der Waals surface area contributed by atoms with Gasteiger partial charge in [-0.2, -0.15) is 0 Å². The van der Waals surface area contributed by atoms with Gasteiger partial charge in [0.1, 0.15) is 5.75 Å². The van der Waals surface area contributed by atoms with Crippen LogP contribution >= 0.6 is 0 Å². The van der Waals surface area contributed by atoms with Crippen molar-refractivity contribution in [2.45, 2.75) is 20.4 Å². The fraction of sp³-hybridized carbons (Fsp3) is 0.385. The van der Waals surface area contributed by atoms with Gasteiger partial charge in [0.15, 0.2) is 0 Å². The fourth-order valence-corrected chi connectivity index (χ4v) is 0.948. The zero-order valence-corrected chi connectivity index (χ0v) is 10.1. The van der Waals surface area contributed by atoms with E-state index in [4.69, 9.17) is 4.74 Å². The Balaban J connectivity index is 0.000000423. The van der Waals surface area contributed by atoms with E-state index in [1.165, 1.54) is 5.56 Å². The molecule has 1 aromatic rings. The zero-order chi connectivity index (χ0) is 11.5. The third-order valence-electron chi connectivity index (χ3n) is 1.87. The van der Waals surface area contributed by atoms with Crippen LogP contribution in [0.5, 0.6) is 5.75 Å². The molecule has 0 heterocycles. The van der Waals surface area contributed by atoms with Gasteiger partial charge in [0.25, 0.3) is 0 Å². The molecule has 0 fully saturated rings. The summed E-state index contributed by atoms with van der Waals surface area (Å²) in [7, 11) is 3.61. The number of allylic oxidation sites excluding steroid dienone is 2. The molecule has 0 aliphatic rings. The van der Waals surface area contributed by atoms with Crippen LogP contribution in [0.3, 0.4) is 0 Å². The van der Waals surface area contributed by atoms with Gasteiger partial charge >= 0.3 is 0 Å². The second kappa shape index (κ2) is 9.28. The molecule has 1 rings (SSSR count). The smallest absolute Gasteiger partial charge is 0.118 e. The Labute approximate surface area is 93.0 Å². The fourth-order valence-electron chi connectivity index (χ4n) is 0.948. The Morgan fingerprint density at radius 3 is 2.00 bits per heavy atom. The molecule has 1 aromatic carbocycles. The van der Waals surface area contributed by atoms with Crippen LogP contribution in [0.1, 0.15) is 19.4 Å². The van der Waals surface area contributed by atoms with Gasteiger partial charge in [0.05, 0.1) is 7.11 Å². The van der Waals surface area contributed by atoms with Crippen molar-refractivity contribution in [1.29, 1.82) is 0 Å². The molecular formula is C13H21NO. The first-order valence-electron chi connectivity index (χ1n) is 5.13. The first-order valence-corrected chi connectivity index (χ1v) is 5.13. The Morgan fingerprint density at radius 2 is 1.67 bits per heavy atom. The summed E-state index contributed by atoms with van der Waals surface area (Å²) in [5.74, 6) is 0.907. The molecule has 15 heavy (non-hydrogen) atoms. The average Bonchev–Trinajstić information content (AvgIpc) is 2.31. The monoisotopic (exact) mass is 207 g/mol. The maximum Gasteiger partial charge on any atom is 0.118 e. The lowest BCUT2D eigenvalue weighted by atomic mass is 10.2. The highest BCUT2D eigenvalue weighted by Crippen LogP contribution is 2.10. The molecule has 1 N–H and O–H groups in total. The molecule has 0 saturated carbocycles. The first-order chi connectivity index (χ1) is 7.28. The summed E-state index contributed by atoms with van der Waals surface area (Å²) >= 11 is 0. The lowest BCUT2D eigenvalue weighted by Crippen LogP contribution is -2.04. The van der Waals surface area contributed by atoms with Crippen LogP contribution in [-0.4, -0.2) is 14.2 Å². The van der Waals surface area contributed by atoms with Crippen molar-refractivity contribution in [3.8, 4) is 5.75 Å². The number of methoxy groups -OCH3 is 1. The minimum absolute atomic E-state index is 0.907. The maximum atomic E-state index is 5.03. The van der Waals surface area contributed by atoms with Crippen LogP contribution in [0.25, 0.3) is 0 Å². The van der Waals surface area contributed by atoms with Crippen LogP contribution in [0, 0.1) is 0 Å². The van der Waals surface area contributed by atoms with E-state index in [1.807, 2.05) is 45.2 Å². The molecule has 2 nitrogen and oxygen atoms in total. The molecule has 0 spiro atoms. The number of ether oxygens (including phenoxy) is 1. The molecule has 84 valence electrons. The largest absolute Gasteiger partial charge is 0.497 e. The predicted molar refractivity (Wildman–Crippen MR) is 66.2 cm³/mol. The first kappa shape index (κ1) is 13.7. The Hall–Kier alpha value is -1.28. The van der Waals surface area contributed by atoms with E-state index in [-0.39, 0.29) is 0 Å². The molecule has 0 aromatic heterocycles. The van der Waals surface area contributed by atoms with E-state index in [0.29, 0.717) is 0 Å². The quantitative estimate of drug-likeness (QED) is 0.769. The molecular weight excluding hydrogens is 186 g/mol. The summed E-state index contributed by atoms with van der Waals surface area (Å²) in [5.41, 5.74) is 1.27. The molecule has 0 atom stereocenters. The Bertz CT molecular complexity index is 260. The van der Waals surface area contributed by atoms with E-state index in [0.717, 1.165) is 12.3 Å². The molecule has 0 bridgehead atoms. The number of hydrogen-bond acceptors (Lipinski definition) is 2. The van der Waals surface area contributed by atoms with Crippen LogP contribution in [0.4, 0.5) is 0 Å². The zero-order valence-electron chi connectivity index (χ0n) is 10.1. The third-order valence-corrected chi connectivity index (χ3v) is 1.87. The number of nitrogens with one attached hydrogen (secondary N) is 1. The highest BCUT2D eigenvalue weighted by molar-refractivity contribution is 5.26. The Kier molecular flexibility index (Phi) is 8.49.